The molecule has 0 amide bonds. The third-order valence-electron chi connectivity index (χ3n) is 14.8. The van der Waals surface area contributed by atoms with Crippen LogP contribution in [0.25, 0.3) is 110 Å². The van der Waals surface area contributed by atoms with Gasteiger partial charge in [-0.1, -0.05) is 200 Å². The quantitative estimate of drug-likeness (QED) is 0.141. The molecule has 3 heteroatoms. The van der Waals surface area contributed by atoms with Crippen molar-refractivity contribution >= 4 is 71.4 Å². The van der Waals surface area contributed by atoms with Crippen molar-refractivity contribution in [3.63, 3.8) is 0 Å². The molecule has 2 heterocycles. The predicted molar refractivity (Wildman–Crippen MR) is 309 cm³/mol. The Balaban J connectivity index is 0.858. The van der Waals surface area contributed by atoms with E-state index in [-0.39, 0.29) is 0 Å². The number of hydrogen-bond donors (Lipinski definition) is 0. The molecule has 0 spiro atoms. The van der Waals surface area contributed by atoms with E-state index < -0.39 is 0 Å². The van der Waals surface area contributed by atoms with Gasteiger partial charge in [-0.3, -0.25) is 0 Å². The van der Waals surface area contributed by atoms with E-state index in [1.807, 2.05) is 0 Å². The summed E-state index contributed by atoms with van der Waals surface area (Å²) in [6.07, 6.45) is 0. The van der Waals surface area contributed by atoms with Gasteiger partial charge in [0.05, 0.1) is 27.8 Å². The minimum Gasteiger partial charge on any atom is -0.310 e. The largest absolute Gasteiger partial charge is 0.310 e. The second kappa shape index (κ2) is 17.6. The molecule has 0 radical (unpaired) electrons. The number of benzene rings is 12. The molecular formula is C70H47N3. The Morgan fingerprint density at radius 3 is 1.10 bits per heavy atom. The first-order valence-electron chi connectivity index (χ1n) is 25.1. The Hall–Kier alpha value is -9.70. The second-order valence-corrected chi connectivity index (χ2v) is 18.9. The van der Waals surface area contributed by atoms with Crippen molar-refractivity contribution in [2.24, 2.45) is 0 Å². The summed E-state index contributed by atoms with van der Waals surface area (Å²) < 4.78 is 4.75. The van der Waals surface area contributed by atoms with Gasteiger partial charge in [0.1, 0.15) is 0 Å². The van der Waals surface area contributed by atoms with Crippen molar-refractivity contribution in [3.8, 4) is 55.9 Å². The van der Waals surface area contributed by atoms with Crippen molar-refractivity contribution in [1.29, 1.82) is 0 Å². The zero-order valence-corrected chi connectivity index (χ0v) is 40.0. The SMILES string of the molecule is c1ccc(-c2ccc(-c3ccc(N(c4ccc(-c5ccc(-n6c7ccccc7c7ccccc76)cc5)cc4)c4ccc(-c5ccc6c(c5)c5ccccc5n6-c5ccccc5)c5ccccc45)cc3)cc2)cc1. The van der Waals surface area contributed by atoms with E-state index in [1.165, 1.54) is 93.3 Å². The molecule has 3 nitrogen and oxygen atoms in total. The number of hydrogen-bond acceptors (Lipinski definition) is 1. The van der Waals surface area contributed by atoms with E-state index in [0.717, 1.165) is 34.0 Å². The first-order chi connectivity index (χ1) is 36.2. The average molecular weight is 930 g/mol. The van der Waals surface area contributed by atoms with Gasteiger partial charge in [0.2, 0.25) is 0 Å². The summed E-state index contributed by atoms with van der Waals surface area (Å²) in [5.41, 5.74) is 19.9. The van der Waals surface area contributed by atoms with E-state index in [4.69, 9.17) is 0 Å². The lowest BCUT2D eigenvalue weighted by Gasteiger charge is -2.28. The minimum absolute atomic E-state index is 1.08. The zero-order chi connectivity index (χ0) is 48.2. The lowest BCUT2D eigenvalue weighted by atomic mass is 9.95. The summed E-state index contributed by atoms with van der Waals surface area (Å²) in [6.45, 7) is 0. The molecule has 0 N–H and O–H groups in total. The highest BCUT2D eigenvalue weighted by molar-refractivity contribution is 6.13. The molecule has 0 aliphatic carbocycles. The zero-order valence-electron chi connectivity index (χ0n) is 40.0. The van der Waals surface area contributed by atoms with Gasteiger partial charge < -0.3 is 14.0 Å². The van der Waals surface area contributed by atoms with Crippen LogP contribution >= 0.6 is 0 Å². The highest BCUT2D eigenvalue weighted by atomic mass is 15.1. The maximum Gasteiger partial charge on any atom is 0.0541 e. The topological polar surface area (TPSA) is 13.1 Å². The fraction of sp³-hybridized carbons (Fsp3) is 0. The Kier molecular flexibility index (Phi) is 10.2. The smallest absolute Gasteiger partial charge is 0.0541 e. The van der Waals surface area contributed by atoms with Crippen LogP contribution in [0.15, 0.2) is 285 Å². The van der Waals surface area contributed by atoms with Crippen LogP contribution in [-0.4, -0.2) is 9.13 Å². The Morgan fingerprint density at radius 2 is 0.575 bits per heavy atom. The van der Waals surface area contributed by atoms with Gasteiger partial charge in [0.15, 0.2) is 0 Å². The molecule has 14 aromatic rings. The molecule has 0 aliphatic heterocycles. The van der Waals surface area contributed by atoms with Gasteiger partial charge in [-0.25, -0.2) is 0 Å². The standard InChI is InChI=1S/C70H47N3/c1-3-15-48(16-4-1)49-27-29-50(30-28-49)51-31-38-56(39-32-51)71(57-40-33-52(34-41-57)53-35-42-58(43-36-53)73-66-24-12-9-21-62(66)63-22-10-13-25-67(63)73)69-46-44-59(60-19-7-8-20-61(60)69)54-37-45-70-65(47-54)64-23-11-14-26-68(64)72(70)55-17-5-2-6-18-55/h1-47H. The monoisotopic (exact) mass is 929 g/mol. The maximum atomic E-state index is 2.42. The molecule has 342 valence electrons. The molecule has 0 bridgehead atoms. The summed E-state index contributed by atoms with van der Waals surface area (Å²) in [5, 5.41) is 7.39. The first kappa shape index (κ1) is 42.2. The summed E-state index contributed by atoms with van der Waals surface area (Å²) in [6, 6.07) is 104. The van der Waals surface area contributed by atoms with Crippen molar-refractivity contribution in [3.05, 3.63) is 285 Å². The highest BCUT2D eigenvalue weighted by Crippen LogP contribution is 2.44. The van der Waals surface area contributed by atoms with Crippen LogP contribution < -0.4 is 4.90 Å². The van der Waals surface area contributed by atoms with Crippen LogP contribution in [-0.2, 0) is 0 Å². The molecule has 14 rings (SSSR count). The van der Waals surface area contributed by atoms with Gasteiger partial charge >= 0.3 is 0 Å². The van der Waals surface area contributed by atoms with Crippen LogP contribution in [0.5, 0.6) is 0 Å². The highest BCUT2D eigenvalue weighted by Gasteiger charge is 2.20. The number of para-hydroxylation sites is 4. The first-order valence-corrected chi connectivity index (χ1v) is 25.1. The summed E-state index contributed by atoms with van der Waals surface area (Å²) >= 11 is 0. The van der Waals surface area contributed by atoms with Crippen molar-refractivity contribution < 1.29 is 0 Å². The molecule has 0 saturated heterocycles. The van der Waals surface area contributed by atoms with Gasteiger partial charge in [-0.2, -0.15) is 0 Å². The summed E-state index contributed by atoms with van der Waals surface area (Å²) in [5.74, 6) is 0. The van der Waals surface area contributed by atoms with E-state index >= 15 is 0 Å². The Labute approximate surface area is 424 Å². The lowest BCUT2D eigenvalue weighted by molar-refractivity contribution is 1.18. The van der Waals surface area contributed by atoms with Crippen LogP contribution in [0.4, 0.5) is 17.1 Å². The van der Waals surface area contributed by atoms with Crippen LogP contribution in [0.3, 0.4) is 0 Å². The van der Waals surface area contributed by atoms with Gasteiger partial charge in [0.25, 0.3) is 0 Å². The fourth-order valence-electron chi connectivity index (χ4n) is 11.2. The molecule has 2 aromatic heterocycles. The molecular weight excluding hydrogens is 883 g/mol. The molecule has 12 aromatic carbocycles. The number of aromatic nitrogens is 2. The molecule has 0 fully saturated rings. The molecule has 73 heavy (non-hydrogen) atoms. The van der Waals surface area contributed by atoms with Gasteiger partial charge in [-0.15, -0.1) is 0 Å². The Morgan fingerprint density at radius 1 is 0.219 bits per heavy atom. The van der Waals surface area contributed by atoms with E-state index in [1.54, 1.807) is 0 Å². The van der Waals surface area contributed by atoms with Crippen molar-refractivity contribution in [2.75, 3.05) is 4.90 Å². The normalized spacial score (nSPS) is 11.6. The van der Waals surface area contributed by atoms with E-state index in [2.05, 4.69) is 299 Å². The van der Waals surface area contributed by atoms with Gasteiger partial charge in [0, 0.05) is 49.7 Å². The van der Waals surface area contributed by atoms with Crippen LogP contribution in [0, 0.1) is 0 Å². The summed E-state index contributed by atoms with van der Waals surface area (Å²) in [7, 11) is 0. The number of anilines is 3. The molecule has 0 aliphatic rings. The Bertz CT molecular complexity index is 4270. The molecule has 0 saturated carbocycles. The van der Waals surface area contributed by atoms with Gasteiger partial charge in [-0.05, 0) is 135 Å². The van der Waals surface area contributed by atoms with Crippen LogP contribution in [0.1, 0.15) is 0 Å². The van der Waals surface area contributed by atoms with E-state index in [9.17, 15) is 0 Å². The fourth-order valence-corrected chi connectivity index (χ4v) is 11.2. The minimum atomic E-state index is 1.08. The average Bonchev–Trinajstić information content (AvgIpc) is 3.99. The third-order valence-corrected chi connectivity index (χ3v) is 14.8. The lowest BCUT2D eigenvalue weighted by Crippen LogP contribution is -2.10. The number of rotatable bonds is 9. The van der Waals surface area contributed by atoms with Crippen LogP contribution in [0.2, 0.25) is 0 Å². The molecule has 0 atom stereocenters. The number of nitrogens with zero attached hydrogens (tertiary/aromatic N) is 3. The molecule has 0 unspecified atom stereocenters. The van der Waals surface area contributed by atoms with E-state index in [0.29, 0.717) is 0 Å². The second-order valence-electron chi connectivity index (χ2n) is 18.9. The maximum absolute atomic E-state index is 2.42. The van der Waals surface area contributed by atoms with Crippen molar-refractivity contribution in [1.82, 2.24) is 9.13 Å². The number of fused-ring (bicyclic) bond motifs is 7. The third kappa shape index (κ3) is 7.29. The van der Waals surface area contributed by atoms with Crippen molar-refractivity contribution in [2.45, 2.75) is 0 Å². The predicted octanol–water partition coefficient (Wildman–Crippen LogP) is 19.2. The summed E-state index contributed by atoms with van der Waals surface area (Å²) in [4.78, 5) is 2.42.